The molecule has 1 aliphatic heterocycles. The van der Waals surface area contributed by atoms with E-state index in [0.29, 0.717) is 33.9 Å². The second kappa shape index (κ2) is 8.12. The summed E-state index contributed by atoms with van der Waals surface area (Å²) in [5.41, 5.74) is 4.87. The number of nitrogens with one attached hydrogen (secondary N) is 2. The Morgan fingerprint density at radius 1 is 1.25 bits per heavy atom. The van der Waals surface area contributed by atoms with Crippen molar-refractivity contribution in [3.05, 3.63) is 76.1 Å². The third kappa shape index (κ3) is 3.54. The molecule has 8 heteroatoms. The standard InChI is InChI=1S/C24H23N5O3/c1-13-5-7-18(14(2)9-13)28-24(31)21-15(3)27-23-17(11-25)12-26-29(23)22(21)16-6-8-19(30)20(10-16)32-4/h5-10,12,22,27,30H,1-4H3,(H,28,31)/t22-/m1/s1. The number of allylic oxidation sites excluding steroid dienone is 1. The van der Waals surface area contributed by atoms with Gasteiger partial charge < -0.3 is 20.5 Å². The van der Waals surface area contributed by atoms with Gasteiger partial charge in [0.1, 0.15) is 23.5 Å². The van der Waals surface area contributed by atoms with Crippen LogP contribution in [0.2, 0.25) is 0 Å². The molecule has 0 fully saturated rings. The summed E-state index contributed by atoms with van der Waals surface area (Å²) >= 11 is 0. The average molecular weight is 429 g/mol. The van der Waals surface area contributed by atoms with Crippen LogP contribution in [0.5, 0.6) is 11.5 Å². The summed E-state index contributed by atoms with van der Waals surface area (Å²) < 4.78 is 6.88. The highest BCUT2D eigenvalue weighted by molar-refractivity contribution is 6.06. The quantitative estimate of drug-likeness (QED) is 0.578. The number of aryl methyl sites for hydroxylation is 2. The zero-order valence-corrected chi connectivity index (χ0v) is 18.2. The number of phenolic OH excluding ortho intramolecular Hbond substituents is 1. The van der Waals surface area contributed by atoms with Gasteiger partial charge in [-0.15, -0.1) is 0 Å². The van der Waals surface area contributed by atoms with E-state index in [9.17, 15) is 15.2 Å². The van der Waals surface area contributed by atoms with Crippen LogP contribution in [0.15, 0.2) is 53.9 Å². The molecule has 0 bridgehead atoms. The lowest BCUT2D eigenvalue weighted by Crippen LogP contribution is -2.31. The Hall–Kier alpha value is -4.25. The van der Waals surface area contributed by atoms with Crippen molar-refractivity contribution in [3.63, 3.8) is 0 Å². The van der Waals surface area contributed by atoms with Crippen LogP contribution >= 0.6 is 0 Å². The highest BCUT2D eigenvalue weighted by Crippen LogP contribution is 2.40. The van der Waals surface area contributed by atoms with Crippen LogP contribution in [0.3, 0.4) is 0 Å². The summed E-state index contributed by atoms with van der Waals surface area (Å²) in [5.74, 6) is 0.483. The smallest absolute Gasteiger partial charge is 0.255 e. The first-order valence-corrected chi connectivity index (χ1v) is 10.0. The Bertz CT molecular complexity index is 1300. The molecular weight excluding hydrogens is 406 g/mol. The highest BCUT2D eigenvalue weighted by Gasteiger charge is 2.34. The number of fused-ring (bicyclic) bond motifs is 1. The van der Waals surface area contributed by atoms with Crippen molar-refractivity contribution in [2.75, 3.05) is 17.7 Å². The van der Waals surface area contributed by atoms with Crippen LogP contribution in [0, 0.1) is 25.2 Å². The zero-order valence-electron chi connectivity index (χ0n) is 18.2. The van der Waals surface area contributed by atoms with E-state index < -0.39 is 6.04 Å². The minimum Gasteiger partial charge on any atom is -0.504 e. The first kappa shape index (κ1) is 21.0. The van der Waals surface area contributed by atoms with E-state index in [-0.39, 0.29) is 17.4 Å². The van der Waals surface area contributed by atoms with Gasteiger partial charge in [-0.25, -0.2) is 4.68 Å². The van der Waals surface area contributed by atoms with Crippen LogP contribution in [-0.4, -0.2) is 27.9 Å². The predicted molar refractivity (Wildman–Crippen MR) is 121 cm³/mol. The second-order valence-electron chi connectivity index (χ2n) is 7.73. The van der Waals surface area contributed by atoms with Crippen LogP contribution in [0.1, 0.15) is 35.2 Å². The molecule has 0 saturated carbocycles. The molecule has 2 aromatic carbocycles. The lowest BCUT2D eigenvalue weighted by Gasteiger charge is -2.30. The number of benzene rings is 2. The summed E-state index contributed by atoms with van der Waals surface area (Å²) in [4.78, 5) is 13.5. The Kier molecular flexibility index (Phi) is 5.33. The number of hydrogen-bond acceptors (Lipinski definition) is 6. The first-order valence-electron chi connectivity index (χ1n) is 10.0. The van der Waals surface area contributed by atoms with Gasteiger partial charge in [0.15, 0.2) is 11.5 Å². The van der Waals surface area contributed by atoms with Crippen molar-refractivity contribution in [1.29, 1.82) is 5.26 Å². The summed E-state index contributed by atoms with van der Waals surface area (Å²) in [6.07, 6.45) is 1.46. The molecule has 3 N–H and O–H groups in total. The lowest BCUT2D eigenvalue weighted by molar-refractivity contribution is -0.113. The van der Waals surface area contributed by atoms with E-state index in [2.05, 4.69) is 21.8 Å². The molecule has 0 saturated heterocycles. The van der Waals surface area contributed by atoms with Gasteiger partial charge in [0.2, 0.25) is 0 Å². The number of nitrogens with zero attached hydrogens (tertiary/aromatic N) is 3. The molecule has 3 aromatic rings. The van der Waals surface area contributed by atoms with Crippen molar-refractivity contribution < 1.29 is 14.6 Å². The SMILES string of the molecule is COc1cc([C@@H]2C(C(=O)Nc3ccc(C)cc3C)=C(C)Nc3c(C#N)cnn32)ccc1O. The summed E-state index contributed by atoms with van der Waals surface area (Å²) in [6.45, 7) is 5.73. The number of carbonyl (C=O) groups is 1. The fourth-order valence-corrected chi connectivity index (χ4v) is 3.95. The van der Waals surface area contributed by atoms with Crippen molar-refractivity contribution in [3.8, 4) is 17.6 Å². The minimum absolute atomic E-state index is 0.00873. The number of rotatable bonds is 4. The van der Waals surface area contributed by atoms with Gasteiger partial charge in [0.25, 0.3) is 5.91 Å². The third-order valence-electron chi connectivity index (χ3n) is 5.54. The van der Waals surface area contributed by atoms with E-state index in [4.69, 9.17) is 4.74 Å². The molecule has 1 atom stereocenters. The van der Waals surface area contributed by atoms with Crippen molar-refractivity contribution >= 4 is 17.4 Å². The maximum Gasteiger partial charge on any atom is 0.255 e. The lowest BCUT2D eigenvalue weighted by atomic mass is 9.94. The van der Waals surface area contributed by atoms with E-state index in [1.54, 1.807) is 23.7 Å². The molecule has 1 amide bonds. The van der Waals surface area contributed by atoms with Crippen LogP contribution in [-0.2, 0) is 4.79 Å². The number of methoxy groups -OCH3 is 1. The predicted octanol–water partition coefficient (Wildman–Crippen LogP) is 4.01. The number of ether oxygens (including phenoxy) is 1. The van der Waals surface area contributed by atoms with Crippen LogP contribution in [0.4, 0.5) is 11.5 Å². The number of carbonyl (C=O) groups excluding carboxylic acids is 1. The van der Waals surface area contributed by atoms with Gasteiger partial charge in [0.05, 0.1) is 18.9 Å². The Labute approximate surface area is 185 Å². The minimum atomic E-state index is -0.631. The van der Waals surface area contributed by atoms with E-state index in [0.717, 1.165) is 11.1 Å². The third-order valence-corrected chi connectivity index (χ3v) is 5.54. The number of aromatic hydroxyl groups is 1. The molecule has 4 rings (SSSR count). The van der Waals surface area contributed by atoms with Crippen molar-refractivity contribution in [1.82, 2.24) is 9.78 Å². The molecule has 1 aliphatic rings. The molecule has 8 nitrogen and oxygen atoms in total. The maximum atomic E-state index is 13.5. The highest BCUT2D eigenvalue weighted by atomic mass is 16.5. The fourth-order valence-electron chi connectivity index (χ4n) is 3.95. The Balaban J connectivity index is 1.83. The number of hydrogen-bond donors (Lipinski definition) is 3. The fraction of sp³-hybridized carbons (Fsp3) is 0.208. The summed E-state index contributed by atoms with van der Waals surface area (Å²) in [7, 11) is 1.46. The van der Waals surface area contributed by atoms with Crippen LogP contribution in [0.25, 0.3) is 0 Å². The molecule has 1 aromatic heterocycles. The van der Waals surface area contributed by atoms with Gasteiger partial charge in [-0.2, -0.15) is 10.4 Å². The molecule has 162 valence electrons. The second-order valence-corrected chi connectivity index (χ2v) is 7.73. The monoisotopic (exact) mass is 429 g/mol. The molecule has 0 unspecified atom stereocenters. The number of phenols is 1. The molecule has 0 aliphatic carbocycles. The molecule has 2 heterocycles. The maximum absolute atomic E-state index is 13.5. The van der Waals surface area contributed by atoms with E-state index in [1.807, 2.05) is 32.0 Å². The number of amides is 1. The molecule has 0 radical (unpaired) electrons. The molecular formula is C24H23N5O3. The van der Waals surface area contributed by atoms with Crippen molar-refractivity contribution in [2.45, 2.75) is 26.8 Å². The number of nitriles is 1. The van der Waals surface area contributed by atoms with Crippen molar-refractivity contribution in [2.24, 2.45) is 0 Å². The van der Waals surface area contributed by atoms with Gasteiger partial charge in [0, 0.05) is 11.4 Å². The van der Waals surface area contributed by atoms with Gasteiger partial charge >= 0.3 is 0 Å². The van der Waals surface area contributed by atoms with Gasteiger partial charge in [-0.3, -0.25) is 4.79 Å². The first-order chi connectivity index (χ1) is 15.3. The van der Waals surface area contributed by atoms with Crippen LogP contribution < -0.4 is 15.4 Å². The van der Waals surface area contributed by atoms with Gasteiger partial charge in [-0.1, -0.05) is 23.8 Å². The normalized spacial score (nSPS) is 14.9. The van der Waals surface area contributed by atoms with Gasteiger partial charge in [-0.05, 0) is 50.1 Å². The summed E-state index contributed by atoms with van der Waals surface area (Å²) in [5, 5.41) is 30.1. The van der Waals surface area contributed by atoms with E-state index in [1.165, 1.54) is 19.4 Å². The Morgan fingerprint density at radius 3 is 2.72 bits per heavy atom. The van der Waals surface area contributed by atoms with E-state index >= 15 is 0 Å². The number of aromatic nitrogens is 2. The number of anilines is 2. The topological polar surface area (TPSA) is 112 Å². The summed E-state index contributed by atoms with van der Waals surface area (Å²) in [6, 6.07) is 12.2. The Morgan fingerprint density at radius 2 is 2.03 bits per heavy atom. The zero-order chi connectivity index (χ0) is 23.0. The largest absolute Gasteiger partial charge is 0.504 e. The molecule has 0 spiro atoms. The molecule has 32 heavy (non-hydrogen) atoms. The average Bonchev–Trinajstić information content (AvgIpc) is 3.17.